The van der Waals surface area contributed by atoms with Crippen LogP contribution in [0.25, 0.3) is 5.69 Å². The Morgan fingerprint density at radius 2 is 2.06 bits per heavy atom. The van der Waals surface area contributed by atoms with Crippen LogP contribution in [0, 0.1) is 0 Å². The molecule has 10 heteroatoms. The quantitative estimate of drug-likeness (QED) is 0.298. The minimum Gasteiger partial charge on any atom is -0.309 e. The molecule has 0 saturated heterocycles. The van der Waals surface area contributed by atoms with Crippen molar-refractivity contribution in [2.45, 2.75) is 51.6 Å². The predicted octanol–water partition coefficient (Wildman–Crippen LogP) is 5.38. The number of halogens is 4. The van der Waals surface area contributed by atoms with E-state index in [0.29, 0.717) is 37.2 Å². The highest BCUT2D eigenvalue weighted by Crippen LogP contribution is 2.26. The van der Waals surface area contributed by atoms with Crippen LogP contribution in [0.5, 0.6) is 0 Å². The Hall–Kier alpha value is -2.10. The Balaban J connectivity index is 2.15. The Morgan fingerprint density at radius 3 is 2.71 bits per heavy atom. The molecule has 2 aromatic rings. The molecule has 0 radical (unpaired) electrons. The maximum Gasteiger partial charge on any atom is 0.389 e. The number of pyridine rings is 1. The van der Waals surface area contributed by atoms with Gasteiger partial charge in [-0.25, -0.2) is 4.68 Å². The van der Waals surface area contributed by atoms with E-state index in [1.54, 1.807) is 34.2 Å². The number of rotatable bonds is 13. The molecule has 0 saturated carbocycles. The van der Waals surface area contributed by atoms with Gasteiger partial charge in [-0.05, 0) is 31.4 Å². The number of unbranched alkanes of at least 4 members (excludes halogenated alkanes) is 1. The third kappa shape index (κ3) is 8.51. The number of hydrogen-bond donors (Lipinski definition) is 0. The number of thioether (sulfide) groups is 1. The highest BCUT2D eigenvalue weighted by Gasteiger charge is 2.26. The zero-order valence-corrected chi connectivity index (χ0v) is 18.4. The lowest BCUT2D eigenvalue weighted by Gasteiger charge is -2.22. The molecule has 1 amide bonds. The summed E-state index contributed by atoms with van der Waals surface area (Å²) in [5.74, 6) is 0.0361. The Labute approximate surface area is 184 Å². The van der Waals surface area contributed by atoms with Gasteiger partial charge < -0.3 is 4.90 Å². The summed E-state index contributed by atoms with van der Waals surface area (Å²) in [6.45, 7) is 1.89. The smallest absolute Gasteiger partial charge is 0.309 e. The molecular weight excluding hydrogens is 432 g/mol. The summed E-state index contributed by atoms with van der Waals surface area (Å²) in [5.41, 5.74) is 2.17. The number of carbonyl (C=O) groups is 1. The summed E-state index contributed by atoms with van der Waals surface area (Å²) >= 11 is 1.11. The highest BCUT2D eigenvalue weighted by molar-refractivity contribution is 7.99. The minimum absolute atomic E-state index is 0.0708. The van der Waals surface area contributed by atoms with Crippen molar-refractivity contribution < 1.29 is 22.4 Å². The number of carbonyl (C=O) groups excluding carboxylic acids is 1. The molecule has 0 aliphatic rings. The van der Waals surface area contributed by atoms with Gasteiger partial charge in [0.1, 0.15) is 0 Å². The SMILES string of the molecule is CCCc1nn(-c2cccnc2)cc1N(CCCCF)C(=O)CCSCCC(F)(F)F. The van der Waals surface area contributed by atoms with E-state index in [-0.39, 0.29) is 18.1 Å². The van der Waals surface area contributed by atoms with Crippen LogP contribution in [-0.2, 0) is 11.2 Å². The fourth-order valence-electron chi connectivity index (χ4n) is 2.99. The number of nitrogens with zero attached hydrogens (tertiary/aromatic N) is 4. The van der Waals surface area contributed by atoms with Gasteiger partial charge in [0.25, 0.3) is 0 Å². The molecule has 31 heavy (non-hydrogen) atoms. The molecule has 2 aromatic heterocycles. The van der Waals surface area contributed by atoms with E-state index in [9.17, 15) is 22.4 Å². The minimum atomic E-state index is -4.19. The molecule has 0 aromatic carbocycles. The molecule has 2 heterocycles. The van der Waals surface area contributed by atoms with Gasteiger partial charge >= 0.3 is 6.18 Å². The second-order valence-electron chi connectivity index (χ2n) is 7.04. The van der Waals surface area contributed by atoms with E-state index in [4.69, 9.17) is 0 Å². The Morgan fingerprint density at radius 1 is 1.26 bits per heavy atom. The second-order valence-corrected chi connectivity index (χ2v) is 8.26. The maximum atomic E-state index is 12.9. The van der Waals surface area contributed by atoms with Crippen molar-refractivity contribution in [2.75, 3.05) is 29.6 Å². The van der Waals surface area contributed by atoms with Crippen molar-refractivity contribution in [1.82, 2.24) is 14.8 Å². The first-order valence-electron chi connectivity index (χ1n) is 10.4. The lowest BCUT2D eigenvalue weighted by Crippen LogP contribution is -2.32. The monoisotopic (exact) mass is 460 g/mol. The summed E-state index contributed by atoms with van der Waals surface area (Å²) in [5, 5.41) is 4.62. The lowest BCUT2D eigenvalue weighted by atomic mass is 10.2. The van der Waals surface area contributed by atoms with E-state index in [1.165, 1.54) is 0 Å². The van der Waals surface area contributed by atoms with E-state index < -0.39 is 19.3 Å². The number of alkyl halides is 4. The zero-order valence-electron chi connectivity index (χ0n) is 17.6. The standard InChI is InChI=1S/C21H28F4N4OS/c1-2-6-18-19(16-29(27-18)17-7-5-11-26-15-17)28(12-4-3-10-22)20(30)8-13-31-14-9-21(23,24)25/h5,7,11,15-16H,2-4,6,8-10,12-14H2,1H3. The molecule has 0 N–H and O–H groups in total. The molecule has 0 fully saturated rings. The van der Waals surface area contributed by atoms with Crippen LogP contribution in [0.3, 0.4) is 0 Å². The summed E-state index contributed by atoms with van der Waals surface area (Å²) in [4.78, 5) is 18.6. The fourth-order valence-corrected chi connectivity index (χ4v) is 3.89. The molecule has 0 bridgehead atoms. The number of aromatic nitrogens is 3. The van der Waals surface area contributed by atoms with Crippen LogP contribution >= 0.6 is 11.8 Å². The first-order valence-corrected chi connectivity index (χ1v) is 11.5. The Kier molecular flexibility index (Phi) is 10.3. The summed E-state index contributed by atoms with van der Waals surface area (Å²) in [7, 11) is 0. The topological polar surface area (TPSA) is 51.0 Å². The fraction of sp³-hybridized carbons (Fsp3) is 0.571. The third-order valence-corrected chi connectivity index (χ3v) is 5.50. The third-order valence-electron chi connectivity index (χ3n) is 4.51. The van der Waals surface area contributed by atoms with Crippen molar-refractivity contribution in [3.63, 3.8) is 0 Å². The van der Waals surface area contributed by atoms with Crippen molar-refractivity contribution in [3.8, 4) is 5.69 Å². The normalized spacial score (nSPS) is 11.6. The molecule has 172 valence electrons. The van der Waals surface area contributed by atoms with Gasteiger partial charge in [-0.2, -0.15) is 30.0 Å². The number of anilines is 1. The van der Waals surface area contributed by atoms with Gasteiger partial charge in [0, 0.05) is 30.7 Å². The Bertz CT molecular complexity index is 798. The van der Waals surface area contributed by atoms with Crippen LogP contribution in [0.1, 0.15) is 44.7 Å². The van der Waals surface area contributed by atoms with Gasteiger partial charge in [0.15, 0.2) is 0 Å². The summed E-state index contributed by atoms with van der Waals surface area (Å²) < 4.78 is 51.2. The number of aryl methyl sites for hydroxylation is 1. The molecule has 5 nitrogen and oxygen atoms in total. The first kappa shape index (κ1) is 25.2. The van der Waals surface area contributed by atoms with E-state index in [2.05, 4.69) is 10.1 Å². The van der Waals surface area contributed by atoms with Crippen LogP contribution in [0.2, 0.25) is 0 Å². The molecule has 0 atom stereocenters. The molecule has 0 unspecified atom stereocenters. The van der Waals surface area contributed by atoms with Crippen LogP contribution in [-0.4, -0.2) is 51.6 Å². The van der Waals surface area contributed by atoms with Crippen LogP contribution in [0.15, 0.2) is 30.7 Å². The van der Waals surface area contributed by atoms with Crippen molar-refractivity contribution in [1.29, 1.82) is 0 Å². The molecule has 0 aliphatic heterocycles. The molecule has 0 spiro atoms. The zero-order chi connectivity index (χ0) is 22.7. The maximum absolute atomic E-state index is 12.9. The number of hydrogen-bond acceptors (Lipinski definition) is 4. The molecular formula is C21H28F4N4OS. The van der Waals surface area contributed by atoms with E-state index in [0.717, 1.165) is 29.6 Å². The average molecular weight is 461 g/mol. The van der Waals surface area contributed by atoms with Gasteiger partial charge in [0.05, 0.1) is 42.6 Å². The van der Waals surface area contributed by atoms with E-state index in [1.807, 2.05) is 13.0 Å². The van der Waals surface area contributed by atoms with Gasteiger partial charge in [-0.15, -0.1) is 0 Å². The lowest BCUT2D eigenvalue weighted by molar-refractivity contribution is -0.129. The average Bonchev–Trinajstić information content (AvgIpc) is 3.14. The predicted molar refractivity (Wildman–Crippen MR) is 116 cm³/mol. The van der Waals surface area contributed by atoms with Gasteiger partial charge in [0.2, 0.25) is 5.91 Å². The van der Waals surface area contributed by atoms with Gasteiger partial charge in [-0.1, -0.05) is 13.3 Å². The van der Waals surface area contributed by atoms with Crippen molar-refractivity contribution in [3.05, 3.63) is 36.4 Å². The van der Waals surface area contributed by atoms with E-state index >= 15 is 0 Å². The second kappa shape index (κ2) is 12.7. The largest absolute Gasteiger partial charge is 0.389 e. The number of amides is 1. The highest BCUT2D eigenvalue weighted by atomic mass is 32.2. The molecule has 0 aliphatic carbocycles. The summed E-state index contributed by atoms with van der Waals surface area (Å²) in [6.07, 6.45) is 2.47. The van der Waals surface area contributed by atoms with Crippen LogP contribution in [0.4, 0.5) is 23.2 Å². The van der Waals surface area contributed by atoms with Crippen molar-refractivity contribution in [2.24, 2.45) is 0 Å². The van der Waals surface area contributed by atoms with Crippen LogP contribution < -0.4 is 4.90 Å². The first-order chi connectivity index (χ1) is 14.9. The van der Waals surface area contributed by atoms with Gasteiger partial charge in [-0.3, -0.25) is 14.2 Å². The van der Waals surface area contributed by atoms with Crippen molar-refractivity contribution >= 4 is 23.4 Å². The molecule has 2 rings (SSSR count). The summed E-state index contributed by atoms with van der Waals surface area (Å²) in [6, 6.07) is 3.64.